The Labute approximate surface area is 417 Å². The highest BCUT2D eigenvalue weighted by Crippen LogP contribution is 2.60. The van der Waals surface area contributed by atoms with E-state index in [0.717, 1.165) is 0 Å². The van der Waals surface area contributed by atoms with Crippen molar-refractivity contribution < 1.29 is 55.1 Å². The van der Waals surface area contributed by atoms with Crippen LogP contribution in [0.4, 0.5) is 16.0 Å². The van der Waals surface area contributed by atoms with E-state index in [1.165, 1.54) is 29.9 Å². The Kier molecular flexibility index (Phi) is 14.7. The number of hydrogen-bond donors (Lipinski definition) is 3. The van der Waals surface area contributed by atoms with Gasteiger partial charge >= 0.3 is 13.5 Å². The van der Waals surface area contributed by atoms with E-state index in [4.69, 9.17) is 48.3 Å². The van der Waals surface area contributed by atoms with Crippen molar-refractivity contribution in [1.29, 1.82) is 5.26 Å². The number of hydrogen-bond acceptors (Lipinski definition) is 19. The second-order valence-electron chi connectivity index (χ2n) is 18.0. The predicted octanol–water partition coefficient (Wildman–Crippen LogP) is 7.70. The number of halogens is 1. The summed E-state index contributed by atoms with van der Waals surface area (Å²) in [5.74, 6) is -0.739. The van der Waals surface area contributed by atoms with E-state index >= 15 is 4.39 Å². The van der Waals surface area contributed by atoms with Crippen LogP contribution in [0.2, 0.25) is 18.1 Å². The van der Waals surface area contributed by atoms with Gasteiger partial charge in [-0.2, -0.15) is 5.26 Å². The van der Waals surface area contributed by atoms with E-state index in [9.17, 15) is 19.4 Å². The molecule has 2 amide bonds. The summed E-state index contributed by atoms with van der Waals surface area (Å²) in [6.45, 7) is 0.247. The number of rotatable bonds is 11. The Hall–Kier alpha value is -4.97. The highest BCUT2D eigenvalue weighted by molar-refractivity contribution is 8.44. The largest absolute Gasteiger partial charge is 0.408 e. The number of alkyl halides is 1. The van der Waals surface area contributed by atoms with Crippen molar-refractivity contribution >= 4 is 91.7 Å². The lowest BCUT2D eigenvalue weighted by Crippen LogP contribution is -2.50. The fraction of sp³-hybridized carbons (Fsp3) is 0.419. The van der Waals surface area contributed by atoms with Crippen molar-refractivity contribution in [3.63, 3.8) is 0 Å². The molecule has 3 unspecified atom stereocenters. The molecule has 2 aromatic carbocycles. The molecule has 71 heavy (non-hydrogen) atoms. The molecule has 3 saturated heterocycles. The number of carbonyl (C=O) groups excluding carboxylic acids is 2. The van der Waals surface area contributed by atoms with Gasteiger partial charge < -0.3 is 33.6 Å². The molecule has 9 rings (SSSR count). The van der Waals surface area contributed by atoms with E-state index < -0.39 is 96.0 Å². The molecule has 3 aliphatic rings. The Morgan fingerprint density at radius 2 is 1.37 bits per heavy atom. The molecule has 10 atom stereocenters. The van der Waals surface area contributed by atoms with Gasteiger partial charge in [-0.1, -0.05) is 69.4 Å². The predicted molar refractivity (Wildman–Crippen MR) is 263 cm³/mol. The first kappa shape index (κ1) is 50.9. The molecule has 22 nitrogen and oxygen atoms in total. The van der Waals surface area contributed by atoms with Crippen LogP contribution in [0, 0.1) is 11.3 Å². The second-order valence-corrected chi connectivity index (χ2v) is 28.6. The molecular weight excluding hydrogens is 1020 g/mol. The zero-order valence-electron chi connectivity index (χ0n) is 38.7. The first-order valence-corrected chi connectivity index (χ1v) is 30.3. The fourth-order valence-corrected chi connectivity index (χ4v) is 12.6. The number of imidazole rings is 2. The van der Waals surface area contributed by atoms with E-state index in [1.807, 2.05) is 39.9 Å². The van der Waals surface area contributed by atoms with Gasteiger partial charge in [-0.3, -0.25) is 32.3 Å². The summed E-state index contributed by atoms with van der Waals surface area (Å²) in [4.78, 5) is 52.6. The van der Waals surface area contributed by atoms with E-state index in [2.05, 4.69) is 52.8 Å². The lowest BCUT2D eigenvalue weighted by Gasteiger charge is -2.41. The molecule has 374 valence electrons. The van der Waals surface area contributed by atoms with Crippen molar-refractivity contribution in [2.75, 3.05) is 30.5 Å². The number of amides is 2. The summed E-state index contributed by atoms with van der Waals surface area (Å²) in [6.07, 6.45) is -6.29. The number of nitriles is 1. The summed E-state index contributed by atoms with van der Waals surface area (Å²) in [6, 6.07) is 19.0. The zero-order valence-corrected chi connectivity index (χ0v) is 43.2. The van der Waals surface area contributed by atoms with Crippen LogP contribution in [0.25, 0.3) is 22.3 Å². The Bertz CT molecular complexity index is 3080. The van der Waals surface area contributed by atoms with Crippen LogP contribution in [-0.2, 0) is 52.9 Å². The van der Waals surface area contributed by atoms with Gasteiger partial charge in [0, 0.05) is 11.1 Å². The van der Waals surface area contributed by atoms with Crippen molar-refractivity contribution in [3.8, 4) is 6.07 Å². The Morgan fingerprint density at radius 3 is 1.92 bits per heavy atom. The SMILES string of the molecule is CC(C)(C)[Si](C)(C)O[C@@H]1C2COP(=O)(S)O[C@H]3[C@@H](F)[C@H](n4cnc5c(NC(=O)c6ccccc6)ncnc54)O[C@@H]3COP(=S)(OCCC#N)O[C@H]1[C@H](n1cnc3c(NC(=O)c4ccccc4)ncnc31)O2. The number of aromatic nitrogens is 8. The quantitative estimate of drug-likeness (QED) is 0.0486. The summed E-state index contributed by atoms with van der Waals surface area (Å²) >= 11 is 10.4. The minimum atomic E-state index is -4.53. The average Bonchev–Trinajstić information content (AvgIpc) is 4.12. The van der Waals surface area contributed by atoms with Crippen LogP contribution in [0.1, 0.15) is 60.4 Å². The Balaban J connectivity index is 1.06. The van der Waals surface area contributed by atoms with Crippen LogP contribution < -0.4 is 10.6 Å². The third kappa shape index (κ3) is 10.7. The molecule has 6 aromatic rings. The van der Waals surface area contributed by atoms with Crippen molar-refractivity contribution in [2.45, 2.75) is 94.5 Å². The third-order valence-corrected chi connectivity index (χ3v) is 20.8. The highest BCUT2D eigenvalue weighted by atomic mass is 32.7. The lowest BCUT2D eigenvalue weighted by molar-refractivity contribution is -0.0601. The molecule has 3 aliphatic heterocycles. The molecule has 2 N–H and O–H groups in total. The standard InChI is InChI=1S/C43H48FN11O11P2S2Si/c1-43(2,3)71(4,5)66-33-28-19-60-67(58,69)64-32-27(62-41(29(32)44)54-23-50-30-35(46-21-48-37(30)54)52-39(56)25-13-8-6-9-14-25)20-61-68(70,59-18-12-17-45)65-34(33)42(63-28)55-24-51-31-36(47-22-49-38(31)55)53-40(57)26-15-10-7-11-16-26/h6-11,13-16,21-24,27-29,32-34,41-42H,12,18-20H2,1-5H3,(H,58,69)(H,46,48,52,56)(H,47,49,53,57)/t27-,28?,29-,32-,33-,34-,41-,42-,67?,68?/m1/s1. The van der Waals surface area contributed by atoms with E-state index in [1.54, 1.807) is 65.2 Å². The minimum Gasteiger partial charge on any atom is -0.408 e. The van der Waals surface area contributed by atoms with Gasteiger partial charge in [0.25, 0.3) is 11.8 Å². The maximum absolute atomic E-state index is 17.1. The number of ether oxygens (including phenoxy) is 2. The average molecular weight is 1070 g/mol. The molecule has 0 radical (unpaired) electrons. The van der Waals surface area contributed by atoms with Gasteiger partial charge in [0.1, 0.15) is 43.2 Å². The monoisotopic (exact) mass is 1070 g/mol. The van der Waals surface area contributed by atoms with Gasteiger partial charge in [0.15, 0.2) is 60.9 Å². The number of fused-ring (bicyclic) bond motifs is 5. The topological polar surface area (TPSA) is 260 Å². The summed E-state index contributed by atoms with van der Waals surface area (Å²) in [5.41, 5.74) is 1.37. The molecule has 28 heteroatoms. The van der Waals surface area contributed by atoms with E-state index in [0.29, 0.717) is 11.1 Å². The van der Waals surface area contributed by atoms with Crippen molar-refractivity contribution in [1.82, 2.24) is 39.0 Å². The number of thiol groups is 1. The van der Waals surface area contributed by atoms with Gasteiger partial charge in [-0.05, 0) is 54.2 Å². The zero-order chi connectivity index (χ0) is 50.3. The van der Waals surface area contributed by atoms with Gasteiger partial charge in [0.05, 0.1) is 45.0 Å². The number of nitrogens with one attached hydrogen (secondary N) is 2. The van der Waals surface area contributed by atoms with Crippen molar-refractivity contribution in [2.24, 2.45) is 0 Å². The van der Waals surface area contributed by atoms with Crippen LogP contribution in [0.15, 0.2) is 86.0 Å². The van der Waals surface area contributed by atoms with Crippen molar-refractivity contribution in [3.05, 3.63) is 97.1 Å². The third-order valence-electron chi connectivity index (χ3n) is 12.4. The molecule has 4 aromatic heterocycles. The fourth-order valence-electron chi connectivity index (χ4n) is 7.78. The van der Waals surface area contributed by atoms with Crippen LogP contribution in [0.3, 0.4) is 0 Å². The van der Waals surface area contributed by atoms with Crippen LogP contribution in [0.5, 0.6) is 0 Å². The number of carbonyl (C=O) groups is 2. The first-order valence-electron chi connectivity index (χ1n) is 22.2. The smallest absolute Gasteiger partial charge is 0.386 e. The molecule has 2 bridgehead atoms. The lowest BCUT2D eigenvalue weighted by atomic mass is 10.1. The molecule has 0 saturated carbocycles. The molecular formula is C43H48FN11O11P2S2Si. The van der Waals surface area contributed by atoms with Crippen LogP contribution in [-0.4, -0.2) is 116 Å². The number of nitrogens with zero attached hydrogens (tertiary/aromatic N) is 9. The molecule has 0 aliphatic carbocycles. The molecule has 3 fully saturated rings. The Morgan fingerprint density at radius 1 is 0.831 bits per heavy atom. The summed E-state index contributed by atoms with van der Waals surface area (Å²) in [5, 5.41) is 14.7. The minimum absolute atomic E-state index is 0.0520. The van der Waals surface area contributed by atoms with Gasteiger partial charge in [-0.25, -0.2) is 38.9 Å². The maximum atomic E-state index is 17.1. The number of benzene rings is 2. The van der Waals surface area contributed by atoms with Crippen LogP contribution >= 0.6 is 25.8 Å². The normalized spacial score (nSPS) is 28.3. The summed E-state index contributed by atoms with van der Waals surface area (Å²) in [7, 11) is -2.77. The second kappa shape index (κ2) is 20.5. The maximum Gasteiger partial charge on any atom is 0.386 e. The first-order chi connectivity index (χ1) is 33.9. The van der Waals surface area contributed by atoms with Gasteiger partial charge in [-0.15, -0.1) is 0 Å². The van der Waals surface area contributed by atoms with Gasteiger partial charge in [0.2, 0.25) is 0 Å². The highest BCUT2D eigenvalue weighted by Gasteiger charge is 2.56. The molecule has 7 heterocycles. The number of anilines is 2. The summed E-state index contributed by atoms with van der Waals surface area (Å²) < 4.78 is 85.7. The van der Waals surface area contributed by atoms with E-state index in [-0.39, 0.29) is 52.0 Å². The molecule has 0 spiro atoms.